The third-order valence-corrected chi connectivity index (χ3v) is 8.72. The lowest BCUT2D eigenvalue weighted by Crippen LogP contribution is -2.45. The molecule has 1 saturated heterocycles. The van der Waals surface area contributed by atoms with Gasteiger partial charge in [0.2, 0.25) is 26.0 Å². The molecular weight excluding hydrogens is 469 g/mol. The van der Waals surface area contributed by atoms with Crippen LogP contribution in [0.1, 0.15) is 37.8 Å². The third kappa shape index (κ3) is 6.17. The highest BCUT2D eigenvalue weighted by molar-refractivity contribution is 7.89. The van der Waals surface area contributed by atoms with Crippen LogP contribution in [0.25, 0.3) is 0 Å². The van der Waals surface area contributed by atoms with E-state index >= 15 is 0 Å². The Bertz CT molecular complexity index is 1220. The Kier molecular flexibility index (Phi) is 7.88. The molecule has 33 heavy (non-hydrogen) atoms. The minimum Gasteiger partial charge on any atom is -0.351 e. The van der Waals surface area contributed by atoms with Gasteiger partial charge < -0.3 is 5.32 Å². The van der Waals surface area contributed by atoms with Crippen LogP contribution in [-0.2, 0) is 37.1 Å². The first-order valence-electron chi connectivity index (χ1n) is 10.6. The van der Waals surface area contributed by atoms with Gasteiger partial charge in [0.25, 0.3) is 0 Å². The quantitative estimate of drug-likeness (QED) is 0.551. The van der Waals surface area contributed by atoms with Gasteiger partial charge in [0, 0.05) is 19.1 Å². The van der Waals surface area contributed by atoms with Crippen LogP contribution in [0.4, 0.5) is 4.39 Å². The molecule has 1 heterocycles. The zero-order chi connectivity index (χ0) is 24.2. The van der Waals surface area contributed by atoms with Crippen molar-refractivity contribution in [3.05, 3.63) is 65.5 Å². The Morgan fingerprint density at radius 2 is 1.70 bits per heavy atom. The van der Waals surface area contributed by atoms with E-state index in [2.05, 4.69) is 10.0 Å². The summed E-state index contributed by atoms with van der Waals surface area (Å²) in [5.74, 6) is -1.62. The van der Waals surface area contributed by atoms with Gasteiger partial charge in [-0.3, -0.25) is 4.79 Å². The van der Waals surface area contributed by atoms with E-state index in [0.29, 0.717) is 24.0 Å². The van der Waals surface area contributed by atoms with E-state index in [0.717, 1.165) is 10.4 Å². The van der Waals surface area contributed by atoms with E-state index in [1.54, 1.807) is 38.1 Å². The summed E-state index contributed by atoms with van der Waals surface area (Å²) < 4.78 is 68.3. The van der Waals surface area contributed by atoms with Gasteiger partial charge in [-0.15, -0.1) is 0 Å². The van der Waals surface area contributed by atoms with E-state index in [9.17, 15) is 26.0 Å². The number of sulfonamides is 2. The van der Waals surface area contributed by atoms with Crippen molar-refractivity contribution in [1.82, 2.24) is 14.3 Å². The van der Waals surface area contributed by atoms with E-state index in [1.165, 1.54) is 18.2 Å². The van der Waals surface area contributed by atoms with Gasteiger partial charge in [0.1, 0.15) is 16.8 Å². The second-order valence-electron chi connectivity index (χ2n) is 8.22. The Labute approximate surface area is 194 Å². The molecule has 3 rings (SSSR count). The fourth-order valence-electron chi connectivity index (χ4n) is 3.85. The molecule has 11 heteroatoms. The standard InChI is InChI=1S/C22H28FN3O5S2/c1-16(2)25-32(28,29)15-18-9-4-3-8-17(18)14-24-22(27)20-11-7-13-26(20)33(30,31)21-12-6-5-10-19(21)23/h3-6,8-10,12,16,20,25H,7,11,13-15H2,1-2H3,(H,24,27). The molecule has 2 N–H and O–H groups in total. The van der Waals surface area contributed by atoms with E-state index in [1.807, 2.05) is 0 Å². The number of benzene rings is 2. The zero-order valence-corrected chi connectivity index (χ0v) is 20.1. The maximum Gasteiger partial charge on any atom is 0.246 e. The lowest BCUT2D eigenvalue weighted by atomic mass is 10.1. The first-order valence-corrected chi connectivity index (χ1v) is 13.7. The van der Waals surface area contributed by atoms with Crippen LogP contribution in [0.15, 0.2) is 53.4 Å². The largest absolute Gasteiger partial charge is 0.351 e. The second-order valence-corrected chi connectivity index (χ2v) is 11.8. The number of amides is 1. The van der Waals surface area contributed by atoms with Gasteiger partial charge in [-0.1, -0.05) is 36.4 Å². The predicted octanol–water partition coefficient (Wildman–Crippen LogP) is 2.12. The van der Waals surface area contributed by atoms with E-state index in [-0.39, 0.29) is 24.9 Å². The topological polar surface area (TPSA) is 113 Å². The van der Waals surface area contributed by atoms with Crippen molar-refractivity contribution < 1.29 is 26.0 Å². The maximum atomic E-state index is 14.1. The van der Waals surface area contributed by atoms with E-state index in [4.69, 9.17) is 0 Å². The Balaban J connectivity index is 1.73. The average molecular weight is 498 g/mol. The molecule has 1 amide bonds. The molecule has 1 unspecified atom stereocenters. The smallest absolute Gasteiger partial charge is 0.246 e. The Morgan fingerprint density at radius 3 is 2.36 bits per heavy atom. The van der Waals surface area contributed by atoms with Crippen LogP contribution in [0.5, 0.6) is 0 Å². The fraction of sp³-hybridized carbons (Fsp3) is 0.409. The molecule has 0 bridgehead atoms. The van der Waals surface area contributed by atoms with E-state index < -0.39 is 42.7 Å². The van der Waals surface area contributed by atoms with Gasteiger partial charge in [0.05, 0.1) is 5.75 Å². The molecule has 0 radical (unpaired) electrons. The van der Waals surface area contributed by atoms with Crippen LogP contribution in [0.2, 0.25) is 0 Å². The molecule has 1 aliphatic rings. The normalized spacial score (nSPS) is 17.4. The highest BCUT2D eigenvalue weighted by Crippen LogP contribution is 2.27. The minimum absolute atomic E-state index is 0.0380. The fourth-order valence-corrected chi connectivity index (χ4v) is 7.06. The van der Waals surface area contributed by atoms with Crippen molar-refractivity contribution in [2.24, 2.45) is 0 Å². The van der Waals surface area contributed by atoms with Crippen LogP contribution in [-0.4, -0.2) is 45.7 Å². The maximum absolute atomic E-state index is 14.1. The van der Waals surface area contributed by atoms with Crippen LogP contribution in [0, 0.1) is 5.82 Å². The number of carbonyl (C=O) groups excluding carboxylic acids is 1. The van der Waals surface area contributed by atoms with Crippen molar-refractivity contribution >= 4 is 26.0 Å². The van der Waals surface area contributed by atoms with Gasteiger partial charge in [-0.2, -0.15) is 4.31 Å². The van der Waals surface area contributed by atoms with Crippen molar-refractivity contribution in [3.8, 4) is 0 Å². The number of nitrogens with one attached hydrogen (secondary N) is 2. The zero-order valence-electron chi connectivity index (χ0n) is 18.5. The van der Waals surface area contributed by atoms with Crippen molar-refractivity contribution in [2.45, 2.75) is 56.0 Å². The van der Waals surface area contributed by atoms with Gasteiger partial charge in [-0.05, 0) is 49.9 Å². The Hall–Kier alpha value is -2.34. The van der Waals surface area contributed by atoms with Crippen LogP contribution in [0.3, 0.4) is 0 Å². The first-order chi connectivity index (χ1) is 15.5. The number of hydrogen-bond acceptors (Lipinski definition) is 5. The highest BCUT2D eigenvalue weighted by Gasteiger charge is 2.40. The molecule has 8 nitrogen and oxygen atoms in total. The lowest BCUT2D eigenvalue weighted by Gasteiger charge is -2.24. The Morgan fingerprint density at radius 1 is 1.06 bits per heavy atom. The average Bonchev–Trinajstić information content (AvgIpc) is 3.23. The summed E-state index contributed by atoms with van der Waals surface area (Å²) in [5.41, 5.74) is 1.15. The number of halogens is 1. The van der Waals surface area contributed by atoms with Crippen LogP contribution < -0.4 is 10.0 Å². The molecule has 0 spiro atoms. The monoisotopic (exact) mass is 497 g/mol. The number of carbonyl (C=O) groups is 1. The first kappa shape index (κ1) is 25.3. The third-order valence-electron chi connectivity index (χ3n) is 5.26. The van der Waals surface area contributed by atoms with Gasteiger partial charge in [-0.25, -0.2) is 25.9 Å². The lowest BCUT2D eigenvalue weighted by molar-refractivity contribution is -0.124. The molecule has 1 fully saturated rings. The highest BCUT2D eigenvalue weighted by atomic mass is 32.2. The molecule has 2 aromatic rings. The van der Waals surface area contributed by atoms with Crippen molar-refractivity contribution in [2.75, 3.05) is 6.54 Å². The van der Waals surface area contributed by atoms with Gasteiger partial charge >= 0.3 is 0 Å². The van der Waals surface area contributed by atoms with Crippen LogP contribution >= 0.6 is 0 Å². The molecule has 180 valence electrons. The molecular formula is C22H28FN3O5S2. The molecule has 1 aliphatic heterocycles. The predicted molar refractivity (Wildman–Crippen MR) is 122 cm³/mol. The molecule has 0 aliphatic carbocycles. The second kappa shape index (κ2) is 10.3. The minimum atomic E-state index is -4.18. The van der Waals surface area contributed by atoms with Crippen molar-refractivity contribution in [1.29, 1.82) is 0 Å². The summed E-state index contributed by atoms with van der Waals surface area (Å²) >= 11 is 0. The van der Waals surface area contributed by atoms with Gasteiger partial charge in [0.15, 0.2) is 0 Å². The molecule has 1 atom stereocenters. The number of rotatable bonds is 9. The number of nitrogens with zero attached hydrogens (tertiary/aromatic N) is 1. The summed E-state index contributed by atoms with van der Waals surface area (Å²) in [4.78, 5) is 12.4. The summed E-state index contributed by atoms with van der Waals surface area (Å²) in [5, 5.41) is 2.72. The molecule has 0 aromatic heterocycles. The van der Waals surface area contributed by atoms with Crippen molar-refractivity contribution in [3.63, 3.8) is 0 Å². The summed E-state index contributed by atoms with van der Waals surface area (Å²) in [7, 11) is -7.74. The SMILES string of the molecule is CC(C)NS(=O)(=O)Cc1ccccc1CNC(=O)C1CCCN1S(=O)(=O)c1ccccc1F. The summed E-state index contributed by atoms with van der Waals surface area (Å²) in [6, 6.07) is 10.7. The molecule has 0 saturated carbocycles. The number of hydrogen-bond donors (Lipinski definition) is 2. The summed E-state index contributed by atoms with van der Waals surface area (Å²) in [6.07, 6.45) is 0.787. The summed E-state index contributed by atoms with van der Waals surface area (Å²) in [6.45, 7) is 3.61. The molecule has 2 aromatic carbocycles.